The molecule has 0 aromatic carbocycles. The molecule has 0 aliphatic carbocycles. The van der Waals surface area contributed by atoms with Crippen LogP contribution >= 0.6 is 0 Å². The van der Waals surface area contributed by atoms with Crippen LogP contribution in [0.4, 0.5) is 26.3 Å². The first-order chi connectivity index (χ1) is 13.9. The second-order valence-electron chi connectivity index (χ2n) is 5.10. The highest BCUT2D eigenvalue weighted by molar-refractivity contribution is 5.93. The summed E-state index contributed by atoms with van der Waals surface area (Å²) >= 11 is 0. The number of hydrogen-bond donors (Lipinski definition) is 3. The zero-order valence-corrected chi connectivity index (χ0v) is 15.5. The molecule has 1 heterocycles. The molecular formula is C14H16F6N4O7. The largest absolute Gasteiger partial charge is 0.542 e. The minimum Gasteiger partial charge on any atom is -0.542 e. The molecule has 1 aromatic rings. The molecule has 0 saturated carbocycles. The zero-order chi connectivity index (χ0) is 25.0. The Morgan fingerprint density at radius 1 is 1.13 bits per heavy atom. The Hall–Kier alpha value is -3.50. The third-order valence-electron chi connectivity index (χ3n) is 2.59. The number of amides is 1. The molecule has 1 rings (SSSR count). The van der Waals surface area contributed by atoms with Crippen LogP contribution in [-0.2, 0) is 20.9 Å². The number of carboxylic acids is 3. The number of carbonyl (C=O) groups excluding carboxylic acids is 3. The van der Waals surface area contributed by atoms with Gasteiger partial charge < -0.3 is 36.0 Å². The first-order valence-electron chi connectivity index (χ1n) is 7.69. The molecule has 1 aromatic heterocycles. The van der Waals surface area contributed by atoms with Crippen LogP contribution in [0.1, 0.15) is 17.3 Å². The lowest BCUT2D eigenvalue weighted by Crippen LogP contribution is -2.70. The van der Waals surface area contributed by atoms with Crippen molar-refractivity contribution < 1.29 is 71.3 Å². The fourth-order valence-corrected chi connectivity index (χ4v) is 1.19. The lowest BCUT2D eigenvalue weighted by Gasteiger charge is -2.03. The highest BCUT2D eigenvalue weighted by Gasteiger charge is 2.29. The number of nitrogens with zero attached hydrogens (tertiary/aromatic N) is 2. The van der Waals surface area contributed by atoms with Crippen molar-refractivity contribution >= 4 is 23.8 Å². The van der Waals surface area contributed by atoms with Gasteiger partial charge >= 0.3 is 18.3 Å². The van der Waals surface area contributed by atoms with Gasteiger partial charge in [0.2, 0.25) is 12.6 Å². The predicted octanol–water partition coefficient (Wildman–Crippen LogP) is -3.59. The summed E-state index contributed by atoms with van der Waals surface area (Å²) in [6.07, 6.45) is -7.43. The predicted molar refractivity (Wildman–Crippen MR) is 78.9 cm³/mol. The smallest absolute Gasteiger partial charge is 0.430 e. The van der Waals surface area contributed by atoms with Crippen LogP contribution in [0.5, 0.6) is 0 Å². The number of quaternary nitrogens is 1. The molecule has 0 aliphatic rings. The molecule has 0 spiro atoms. The number of aromatic nitrogens is 2. The molecule has 1 atom stereocenters. The van der Waals surface area contributed by atoms with Crippen molar-refractivity contribution in [3.8, 4) is 0 Å². The molecule has 5 N–H and O–H groups in total. The maximum absolute atomic E-state index is 11.4. The van der Waals surface area contributed by atoms with Crippen molar-refractivity contribution in [2.24, 2.45) is 0 Å². The number of hydrogen-bond acceptors (Lipinski definition) is 7. The van der Waals surface area contributed by atoms with Gasteiger partial charge in [-0.05, 0) is 12.0 Å². The summed E-state index contributed by atoms with van der Waals surface area (Å²) in [6, 6.07) is 0.829. The van der Waals surface area contributed by atoms with E-state index in [9.17, 15) is 35.9 Å². The minimum absolute atomic E-state index is 0.172. The van der Waals surface area contributed by atoms with Gasteiger partial charge in [0.15, 0.2) is 6.20 Å². The quantitative estimate of drug-likeness (QED) is 0.293. The SMILES string of the molecule is CCNC(=O)c1cc[n+](C[C@H]([NH3+])C(=O)O)nc1.O=C([O-])C(F)(F)F.O=C([O-])C(F)(F)F. The fourth-order valence-electron chi connectivity index (χ4n) is 1.19. The number of carbonyl (C=O) groups is 4. The van der Waals surface area contributed by atoms with E-state index in [0.717, 1.165) is 0 Å². The first-order valence-corrected chi connectivity index (χ1v) is 7.69. The third-order valence-corrected chi connectivity index (χ3v) is 2.59. The summed E-state index contributed by atoms with van der Waals surface area (Å²) in [5.41, 5.74) is 3.92. The van der Waals surface area contributed by atoms with Gasteiger partial charge in [-0.25, -0.2) is 4.79 Å². The first kappa shape index (κ1) is 29.7. The molecule has 31 heavy (non-hydrogen) atoms. The molecule has 176 valence electrons. The highest BCUT2D eigenvalue weighted by atomic mass is 19.4. The normalized spacial score (nSPS) is 11.6. The van der Waals surface area contributed by atoms with Gasteiger partial charge in [-0.1, -0.05) is 4.68 Å². The average Bonchev–Trinajstić information content (AvgIpc) is 2.61. The molecule has 0 aliphatic heterocycles. The summed E-state index contributed by atoms with van der Waals surface area (Å²) in [5, 5.41) is 32.9. The maximum Gasteiger partial charge on any atom is 0.430 e. The number of aliphatic carboxylic acids is 3. The van der Waals surface area contributed by atoms with Gasteiger partial charge in [0, 0.05) is 12.6 Å². The zero-order valence-electron chi connectivity index (χ0n) is 15.5. The molecule has 0 bridgehead atoms. The Balaban J connectivity index is 0. The molecule has 0 fully saturated rings. The van der Waals surface area contributed by atoms with Crippen LogP contribution in [0.3, 0.4) is 0 Å². The van der Waals surface area contributed by atoms with Crippen LogP contribution in [-0.4, -0.2) is 59.0 Å². The van der Waals surface area contributed by atoms with E-state index in [-0.39, 0.29) is 12.5 Å². The average molecular weight is 466 g/mol. The highest BCUT2D eigenvalue weighted by Crippen LogP contribution is 2.12. The van der Waals surface area contributed by atoms with Crippen LogP contribution in [0, 0.1) is 0 Å². The Morgan fingerprint density at radius 3 is 1.81 bits per heavy atom. The second-order valence-corrected chi connectivity index (χ2v) is 5.10. The van der Waals surface area contributed by atoms with Gasteiger partial charge in [-0.15, -0.1) is 0 Å². The number of halogens is 6. The van der Waals surface area contributed by atoms with E-state index in [0.29, 0.717) is 12.1 Å². The number of carboxylic acid groups (broad SMARTS) is 3. The van der Waals surface area contributed by atoms with E-state index >= 15 is 0 Å². The second kappa shape index (κ2) is 12.9. The van der Waals surface area contributed by atoms with E-state index in [1.54, 1.807) is 12.3 Å². The summed E-state index contributed by atoms with van der Waals surface area (Å²) in [4.78, 5) is 39.6. The van der Waals surface area contributed by atoms with Gasteiger partial charge in [-0.3, -0.25) is 4.79 Å². The van der Waals surface area contributed by atoms with Crippen LogP contribution in [0.15, 0.2) is 18.5 Å². The van der Waals surface area contributed by atoms with Gasteiger partial charge in [0.25, 0.3) is 5.91 Å². The molecule has 17 heteroatoms. The lowest BCUT2D eigenvalue weighted by atomic mass is 10.3. The minimum atomic E-state index is -5.19. The summed E-state index contributed by atoms with van der Waals surface area (Å²) in [7, 11) is 0. The van der Waals surface area contributed by atoms with Crippen molar-refractivity contribution in [2.45, 2.75) is 31.9 Å². The molecule has 0 saturated heterocycles. The topological polar surface area (TPSA) is 191 Å². The number of alkyl halides is 6. The van der Waals surface area contributed by atoms with Crippen molar-refractivity contribution in [3.05, 3.63) is 24.0 Å². The molecular weight excluding hydrogens is 450 g/mol. The van der Waals surface area contributed by atoms with E-state index in [1.165, 1.54) is 10.9 Å². The van der Waals surface area contributed by atoms with E-state index in [1.807, 2.05) is 6.92 Å². The van der Waals surface area contributed by atoms with Crippen LogP contribution < -0.4 is 25.9 Å². The third kappa shape index (κ3) is 14.2. The molecule has 1 amide bonds. The summed E-state index contributed by atoms with van der Waals surface area (Å²) in [5.74, 6) is -7.19. The standard InChI is InChI=1S/C10H14N4O3.2C2HF3O2/c1-2-12-9(15)7-3-4-14(13-5-7)6-8(11)10(16)17;2*3-2(4,5)1(6)7/h3-5,8H,2,6,11H2,1H3,(H-,12,15,16,17);2*(H,6,7)/t8-;;/m0../s1. The fraction of sp³-hybridized carbons (Fsp3) is 0.429. The lowest BCUT2D eigenvalue weighted by molar-refractivity contribution is -0.770. The van der Waals surface area contributed by atoms with Crippen LogP contribution in [0.2, 0.25) is 0 Å². The Morgan fingerprint density at radius 2 is 1.55 bits per heavy atom. The van der Waals surface area contributed by atoms with Crippen molar-refractivity contribution in [3.63, 3.8) is 0 Å². The number of rotatable bonds is 5. The molecule has 11 nitrogen and oxygen atoms in total. The van der Waals surface area contributed by atoms with Gasteiger partial charge in [-0.2, -0.15) is 26.3 Å². The Kier molecular flexibility index (Phi) is 12.4. The van der Waals surface area contributed by atoms with Gasteiger partial charge in [0.05, 0.1) is 5.56 Å². The van der Waals surface area contributed by atoms with E-state index < -0.39 is 36.3 Å². The van der Waals surface area contributed by atoms with Gasteiger partial charge in [0.1, 0.15) is 18.1 Å². The summed E-state index contributed by atoms with van der Waals surface area (Å²) < 4.78 is 64.5. The van der Waals surface area contributed by atoms with Crippen molar-refractivity contribution in [1.29, 1.82) is 0 Å². The van der Waals surface area contributed by atoms with Crippen molar-refractivity contribution in [1.82, 2.24) is 10.4 Å². The number of nitrogens with one attached hydrogen (secondary N) is 1. The van der Waals surface area contributed by atoms with E-state index in [2.05, 4.69) is 16.1 Å². The van der Waals surface area contributed by atoms with Crippen LogP contribution in [0.25, 0.3) is 0 Å². The van der Waals surface area contributed by atoms with Crippen molar-refractivity contribution in [2.75, 3.05) is 6.54 Å². The summed E-state index contributed by atoms with van der Waals surface area (Å²) in [6.45, 7) is 2.55. The van der Waals surface area contributed by atoms with E-state index in [4.69, 9.17) is 24.9 Å². The molecule has 0 radical (unpaired) electrons. The Labute approximate surface area is 169 Å². The Bertz CT molecular complexity index is 729. The molecule has 0 unspecified atom stereocenters. The maximum atomic E-state index is 11.4. The monoisotopic (exact) mass is 466 g/mol.